The number of rotatable bonds is 2. The number of fused-ring (bicyclic) bond motifs is 1. The highest BCUT2D eigenvalue weighted by molar-refractivity contribution is 4.92. The van der Waals surface area contributed by atoms with E-state index >= 15 is 0 Å². The van der Waals surface area contributed by atoms with Crippen molar-refractivity contribution in [2.24, 2.45) is 5.92 Å². The Morgan fingerprint density at radius 3 is 2.91 bits per heavy atom. The molecule has 2 atom stereocenters. The maximum atomic E-state index is 5.45. The minimum Gasteiger partial charge on any atom is -0.368 e. The van der Waals surface area contributed by atoms with Crippen LogP contribution in [0, 0.1) is 5.92 Å². The maximum Gasteiger partial charge on any atom is 0.0968 e. The topological polar surface area (TPSA) is 15.8 Å². The first-order valence-corrected chi connectivity index (χ1v) is 4.63. The molecular weight excluding hydrogens is 138 g/mol. The van der Waals surface area contributed by atoms with Crippen LogP contribution in [0.2, 0.25) is 0 Å². The Morgan fingerprint density at radius 1 is 1.45 bits per heavy atom. The zero-order valence-corrected chi connectivity index (χ0v) is 7.42. The first kappa shape index (κ1) is 7.56. The van der Waals surface area contributed by atoms with Crippen LogP contribution in [0.1, 0.15) is 20.3 Å². The van der Waals surface area contributed by atoms with Gasteiger partial charge in [-0.15, -0.1) is 0 Å². The van der Waals surface area contributed by atoms with Crippen molar-refractivity contribution < 1.29 is 4.74 Å². The SMILES string of the molecule is CC(C)CN1CC[C@H]2O[C@@H]2C1. The molecule has 64 valence electrons. The summed E-state index contributed by atoms with van der Waals surface area (Å²) in [5.74, 6) is 0.797. The molecule has 0 unspecified atom stereocenters. The molecular formula is C9H17NO. The highest BCUT2D eigenvalue weighted by Gasteiger charge is 2.42. The van der Waals surface area contributed by atoms with Crippen LogP contribution in [0.25, 0.3) is 0 Å². The third kappa shape index (κ3) is 1.74. The Bertz CT molecular complexity index is 144. The molecule has 2 saturated heterocycles. The van der Waals surface area contributed by atoms with Crippen molar-refractivity contribution in [3.8, 4) is 0 Å². The molecule has 0 saturated carbocycles. The number of nitrogens with zero attached hydrogens (tertiary/aromatic N) is 1. The molecule has 0 bridgehead atoms. The Kier molecular flexibility index (Phi) is 1.90. The lowest BCUT2D eigenvalue weighted by molar-refractivity contribution is 0.220. The van der Waals surface area contributed by atoms with Crippen molar-refractivity contribution in [3.05, 3.63) is 0 Å². The zero-order chi connectivity index (χ0) is 7.84. The van der Waals surface area contributed by atoms with E-state index in [9.17, 15) is 0 Å². The van der Waals surface area contributed by atoms with Crippen molar-refractivity contribution in [2.75, 3.05) is 19.6 Å². The largest absolute Gasteiger partial charge is 0.368 e. The van der Waals surface area contributed by atoms with Gasteiger partial charge in [-0.3, -0.25) is 0 Å². The van der Waals surface area contributed by atoms with E-state index in [4.69, 9.17) is 4.74 Å². The maximum absolute atomic E-state index is 5.45. The van der Waals surface area contributed by atoms with Crippen LogP contribution in [0.5, 0.6) is 0 Å². The normalized spacial score (nSPS) is 37.4. The summed E-state index contributed by atoms with van der Waals surface area (Å²) in [6.45, 7) is 8.23. The van der Waals surface area contributed by atoms with Crippen molar-refractivity contribution in [2.45, 2.75) is 32.5 Å². The predicted octanol–water partition coefficient (Wildman–Crippen LogP) is 1.12. The van der Waals surface area contributed by atoms with Crippen molar-refractivity contribution >= 4 is 0 Å². The van der Waals surface area contributed by atoms with E-state index in [0.717, 1.165) is 5.92 Å². The van der Waals surface area contributed by atoms with E-state index in [0.29, 0.717) is 12.2 Å². The van der Waals surface area contributed by atoms with E-state index in [2.05, 4.69) is 18.7 Å². The van der Waals surface area contributed by atoms with Gasteiger partial charge in [-0.1, -0.05) is 13.8 Å². The molecule has 0 aromatic heterocycles. The summed E-state index contributed by atoms with van der Waals surface area (Å²) in [6, 6.07) is 0. The smallest absolute Gasteiger partial charge is 0.0968 e. The van der Waals surface area contributed by atoms with Gasteiger partial charge in [0.05, 0.1) is 12.2 Å². The highest BCUT2D eigenvalue weighted by Crippen LogP contribution is 2.30. The third-order valence-electron chi connectivity index (χ3n) is 2.48. The fourth-order valence-electron chi connectivity index (χ4n) is 1.93. The molecule has 2 fully saturated rings. The summed E-state index contributed by atoms with van der Waals surface area (Å²) in [4.78, 5) is 2.53. The summed E-state index contributed by atoms with van der Waals surface area (Å²) < 4.78 is 5.45. The second kappa shape index (κ2) is 2.76. The van der Waals surface area contributed by atoms with E-state index in [1.807, 2.05) is 0 Å². The van der Waals surface area contributed by atoms with Crippen LogP contribution < -0.4 is 0 Å². The van der Waals surface area contributed by atoms with Crippen LogP contribution in [-0.2, 0) is 4.74 Å². The van der Waals surface area contributed by atoms with Gasteiger partial charge in [-0.2, -0.15) is 0 Å². The lowest BCUT2D eigenvalue weighted by Gasteiger charge is -2.25. The van der Waals surface area contributed by atoms with Crippen molar-refractivity contribution in [3.63, 3.8) is 0 Å². The molecule has 0 aliphatic carbocycles. The first-order chi connectivity index (χ1) is 5.25. The van der Waals surface area contributed by atoms with Gasteiger partial charge in [0.2, 0.25) is 0 Å². The Balaban J connectivity index is 1.76. The molecule has 0 aromatic carbocycles. The lowest BCUT2D eigenvalue weighted by atomic mass is 10.1. The lowest BCUT2D eigenvalue weighted by Crippen LogP contribution is -2.36. The summed E-state index contributed by atoms with van der Waals surface area (Å²) in [5, 5.41) is 0. The molecule has 2 aliphatic rings. The summed E-state index contributed by atoms with van der Waals surface area (Å²) >= 11 is 0. The van der Waals surface area contributed by atoms with Crippen LogP contribution >= 0.6 is 0 Å². The van der Waals surface area contributed by atoms with Crippen molar-refractivity contribution in [1.29, 1.82) is 0 Å². The summed E-state index contributed by atoms with van der Waals surface area (Å²) in [7, 11) is 0. The van der Waals surface area contributed by atoms with Gasteiger partial charge in [-0.25, -0.2) is 0 Å². The standard InChI is InChI=1S/C9H17NO/c1-7(2)5-10-4-3-8-9(6-10)11-8/h7-9H,3-6H2,1-2H3/t8-,9-/m1/s1. The zero-order valence-electron chi connectivity index (χ0n) is 7.42. The molecule has 2 heteroatoms. The highest BCUT2D eigenvalue weighted by atomic mass is 16.6. The van der Waals surface area contributed by atoms with E-state index in [1.54, 1.807) is 0 Å². The molecule has 0 aromatic rings. The average molecular weight is 155 g/mol. The van der Waals surface area contributed by atoms with Crippen molar-refractivity contribution in [1.82, 2.24) is 4.90 Å². The van der Waals surface area contributed by atoms with Gasteiger partial charge < -0.3 is 9.64 Å². The number of ether oxygens (including phenoxy) is 1. The molecule has 0 radical (unpaired) electrons. The number of hydrogen-bond acceptors (Lipinski definition) is 2. The van der Waals surface area contributed by atoms with Crippen LogP contribution in [0.15, 0.2) is 0 Å². The van der Waals surface area contributed by atoms with Gasteiger partial charge >= 0.3 is 0 Å². The Morgan fingerprint density at radius 2 is 2.27 bits per heavy atom. The number of likely N-dealkylation sites (tertiary alicyclic amines) is 1. The van der Waals surface area contributed by atoms with Gasteiger partial charge in [0.25, 0.3) is 0 Å². The first-order valence-electron chi connectivity index (χ1n) is 4.63. The molecule has 0 N–H and O–H groups in total. The third-order valence-corrected chi connectivity index (χ3v) is 2.48. The number of epoxide rings is 1. The summed E-state index contributed by atoms with van der Waals surface area (Å²) in [6.07, 6.45) is 2.50. The predicted molar refractivity (Wildman–Crippen MR) is 44.6 cm³/mol. The fourth-order valence-corrected chi connectivity index (χ4v) is 1.93. The van der Waals surface area contributed by atoms with Crippen LogP contribution in [-0.4, -0.2) is 36.7 Å². The molecule has 2 aliphatic heterocycles. The van der Waals surface area contributed by atoms with E-state index < -0.39 is 0 Å². The number of hydrogen-bond donors (Lipinski definition) is 0. The Hall–Kier alpha value is -0.0800. The van der Waals surface area contributed by atoms with Gasteiger partial charge in [-0.05, 0) is 12.3 Å². The molecule has 2 rings (SSSR count). The minimum absolute atomic E-state index is 0.600. The second-order valence-corrected chi connectivity index (χ2v) is 4.16. The van der Waals surface area contributed by atoms with Gasteiger partial charge in [0.1, 0.15) is 0 Å². The molecule has 11 heavy (non-hydrogen) atoms. The molecule has 0 amide bonds. The quantitative estimate of drug-likeness (QED) is 0.555. The monoisotopic (exact) mass is 155 g/mol. The molecule has 0 spiro atoms. The van der Waals surface area contributed by atoms with Gasteiger partial charge in [0.15, 0.2) is 0 Å². The summed E-state index contributed by atoms with van der Waals surface area (Å²) in [5.41, 5.74) is 0. The average Bonchev–Trinajstić information content (AvgIpc) is 2.63. The fraction of sp³-hybridized carbons (Fsp3) is 1.00. The van der Waals surface area contributed by atoms with Crippen LogP contribution in [0.4, 0.5) is 0 Å². The minimum atomic E-state index is 0.600. The second-order valence-electron chi connectivity index (χ2n) is 4.16. The Labute approximate surface area is 68.5 Å². The number of piperidine rings is 1. The molecule has 2 heterocycles. The van der Waals surface area contributed by atoms with E-state index in [1.165, 1.54) is 26.1 Å². The van der Waals surface area contributed by atoms with Crippen LogP contribution in [0.3, 0.4) is 0 Å². The van der Waals surface area contributed by atoms with Gasteiger partial charge in [0, 0.05) is 19.6 Å². The molecule has 2 nitrogen and oxygen atoms in total. The van der Waals surface area contributed by atoms with E-state index in [-0.39, 0.29) is 0 Å².